The number of allylic oxidation sites excluding steroid dienone is 3. The molecule has 2 atom stereocenters. The van der Waals surface area contributed by atoms with Gasteiger partial charge in [0.25, 0.3) is 5.88 Å². The van der Waals surface area contributed by atoms with Gasteiger partial charge in [-0.1, -0.05) is 45.9 Å². The van der Waals surface area contributed by atoms with Crippen molar-refractivity contribution < 1.29 is 22.7 Å². The summed E-state index contributed by atoms with van der Waals surface area (Å²) in [6.45, 7) is 14.6. The molecule has 1 saturated heterocycles. The molecule has 1 aliphatic rings. The maximum atomic E-state index is 12.0. The van der Waals surface area contributed by atoms with E-state index < -0.39 is 18.1 Å². The Hall–Kier alpha value is -3.63. The minimum Gasteiger partial charge on any atom is -0.470 e. The Morgan fingerprint density at radius 2 is 1.84 bits per heavy atom. The SMILES string of the molecule is C=CCC(/C=C\C)C(F)(F)F.CC.CC.NC(=O)NC1CCN(c2nccnc2OCc2ccncc2)C1. The van der Waals surface area contributed by atoms with Gasteiger partial charge < -0.3 is 20.7 Å². The highest BCUT2D eigenvalue weighted by Crippen LogP contribution is 2.30. The van der Waals surface area contributed by atoms with Crippen LogP contribution >= 0.6 is 0 Å². The standard InChI is InChI=1S/C15H18N6O2.C8H11F3.2C2H6/c16-15(22)20-12-3-8-21(9-12)13-14(19-7-6-18-13)23-10-11-1-4-17-5-2-11;1-3-5-7(6-4-2)8(9,10)11;2*1-2/h1-2,4-7,12H,3,8-10H2,(H3,16,20,22);3-4,6-7H,1,5H2,2H3;2*1-2H3/b;6-4-;;. The number of amides is 2. The first-order valence-corrected chi connectivity index (χ1v) is 12.7. The van der Waals surface area contributed by atoms with Crippen LogP contribution in [0.4, 0.5) is 23.8 Å². The van der Waals surface area contributed by atoms with Gasteiger partial charge in [-0.25, -0.2) is 14.8 Å². The zero-order chi connectivity index (χ0) is 29.0. The van der Waals surface area contributed by atoms with E-state index in [-0.39, 0.29) is 12.5 Å². The maximum Gasteiger partial charge on any atom is 0.395 e. The van der Waals surface area contributed by atoms with Crippen LogP contribution in [0.2, 0.25) is 0 Å². The smallest absolute Gasteiger partial charge is 0.395 e. The Labute approximate surface area is 224 Å². The molecule has 0 radical (unpaired) electrons. The molecular weight excluding hydrogens is 497 g/mol. The van der Waals surface area contributed by atoms with E-state index in [9.17, 15) is 18.0 Å². The van der Waals surface area contributed by atoms with Crippen molar-refractivity contribution in [3.63, 3.8) is 0 Å². The molecule has 1 fully saturated rings. The second-order valence-electron chi connectivity index (χ2n) is 7.47. The number of alkyl halides is 3. The van der Waals surface area contributed by atoms with Crippen molar-refractivity contribution in [2.45, 2.75) is 66.3 Å². The van der Waals surface area contributed by atoms with Gasteiger partial charge in [0.1, 0.15) is 6.61 Å². The first-order chi connectivity index (χ1) is 18.2. The van der Waals surface area contributed by atoms with Gasteiger partial charge in [-0.15, -0.1) is 6.58 Å². The van der Waals surface area contributed by atoms with E-state index in [4.69, 9.17) is 10.5 Å². The predicted octanol–water partition coefficient (Wildman–Crippen LogP) is 6.07. The molecule has 0 aromatic carbocycles. The third-order valence-electron chi connectivity index (χ3n) is 4.87. The van der Waals surface area contributed by atoms with E-state index in [2.05, 4.69) is 26.8 Å². The number of anilines is 1. The number of primary amides is 1. The number of nitrogens with two attached hydrogens (primary N) is 1. The quantitative estimate of drug-likeness (QED) is 0.395. The first-order valence-electron chi connectivity index (χ1n) is 12.7. The van der Waals surface area contributed by atoms with E-state index in [1.54, 1.807) is 31.7 Å². The van der Waals surface area contributed by atoms with Gasteiger partial charge in [0.15, 0.2) is 5.82 Å². The number of aromatic nitrogens is 3. The van der Waals surface area contributed by atoms with Crippen LogP contribution in [0.15, 0.2) is 61.7 Å². The Morgan fingerprint density at radius 1 is 1.21 bits per heavy atom. The molecule has 2 aromatic heterocycles. The monoisotopic (exact) mass is 538 g/mol. The van der Waals surface area contributed by atoms with Crippen LogP contribution in [-0.2, 0) is 6.61 Å². The summed E-state index contributed by atoms with van der Waals surface area (Å²) in [5, 5.41) is 2.72. The highest BCUT2D eigenvalue weighted by Gasteiger charge is 2.36. The van der Waals surface area contributed by atoms with Crippen molar-refractivity contribution in [3.8, 4) is 5.88 Å². The average Bonchev–Trinajstić information content (AvgIpc) is 3.38. The van der Waals surface area contributed by atoms with Crippen molar-refractivity contribution in [3.05, 3.63) is 67.3 Å². The van der Waals surface area contributed by atoms with E-state index in [0.717, 1.165) is 24.6 Å². The number of hydrogen-bond acceptors (Lipinski definition) is 6. The van der Waals surface area contributed by atoms with Gasteiger partial charge in [-0.2, -0.15) is 13.2 Å². The summed E-state index contributed by atoms with van der Waals surface area (Å²) in [5.41, 5.74) is 6.18. The highest BCUT2D eigenvalue weighted by molar-refractivity contribution is 5.72. The molecule has 0 aliphatic carbocycles. The largest absolute Gasteiger partial charge is 0.470 e. The average molecular weight is 539 g/mol. The molecular formula is C27H41F3N6O2. The van der Waals surface area contributed by atoms with Crippen molar-refractivity contribution in [1.29, 1.82) is 0 Å². The normalized spacial score (nSPS) is 15.1. The molecule has 11 heteroatoms. The van der Waals surface area contributed by atoms with E-state index >= 15 is 0 Å². The topological polar surface area (TPSA) is 106 Å². The predicted molar refractivity (Wildman–Crippen MR) is 146 cm³/mol. The molecule has 0 saturated carbocycles. The molecule has 2 amide bonds. The Balaban J connectivity index is 0.000000774. The van der Waals surface area contributed by atoms with Crippen molar-refractivity contribution in [2.24, 2.45) is 11.7 Å². The Kier molecular flexibility index (Phi) is 17.6. The summed E-state index contributed by atoms with van der Waals surface area (Å²) in [7, 11) is 0. The zero-order valence-corrected chi connectivity index (χ0v) is 22.9. The Bertz CT molecular complexity index is 942. The van der Waals surface area contributed by atoms with Gasteiger partial charge in [0.2, 0.25) is 0 Å². The van der Waals surface area contributed by atoms with E-state index in [1.807, 2.05) is 44.7 Å². The molecule has 38 heavy (non-hydrogen) atoms. The van der Waals surface area contributed by atoms with E-state index in [0.29, 0.717) is 24.8 Å². The fraction of sp³-hybridized carbons (Fsp3) is 0.481. The lowest BCUT2D eigenvalue weighted by atomic mass is 10.1. The van der Waals surface area contributed by atoms with Gasteiger partial charge >= 0.3 is 12.2 Å². The second kappa shape index (κ2) is 19.5. The molecule has 3 N–H and O–H groups in total. The molecule has 2 unspecified atom stereocenters. The van der Waals surface area contributed by atoms with Crippen LogP contribution in [0, 0.1) is 5.92 Å². The zero-order valence-electron chi connectivity index (χ0n) is 22.9. The molecule has 3 rings (SSSR count). The second-order valence-corrected chi connectivity index (χ2v) is 7.47. The summed E-state index contributed by atoms with van der Waals surface area (Å²) < 4.78 is 41.8. The van der Waals surface area contributed by atoms with Gasteiger partial charge in [-0.05, 0) is 37.5 Å². The van der Waals surface area contributed by atoms with Crippen molar-refractivity contribution in [1.82, 2.24) is 20.3 Å². The van der Waals surface area contributed by atoms with Crippen LogP contribution in [0.3, 0.4) is 0 Å². The van der Waals surface area contributed by atoms with Crippen LogP contribution in [0.25, 0.3) is 0 Å². The fourth-order valence-electron chi connectivity index (χ4n) is 3.27. The van der Waals surface area contributed by atoms with Crippen LogP contribution in [-0.4, -0.2) is 46.3 Å². The van der Waals surface area contributed by atoms with Gasteiger partial charge in [0.05, 0.1) is 5.92 Å². The molecule has 212 valence electrons. The molecule has 0 bridgehead atoms. The molecule has 2 aromatic rings. The van der Waals surface area contributed by atoms with Crippen molar-refractivity contribution in [2.75, 3.05) is 18.0 Å². The number of ether oxygens (including phenoxy) is 1. The summed E-state index contributed by atoms with van der Waals surface area (Å²) in [6.07, 6.45) is 7.11. The highest BCUT2D eigenvalue weighted by atomic mass is 19.4. The lowest BCUT2D eigenvalue weighted by Gasteiger charge is -2.19. The first kappa shape index (κ1) is 34.4. The third kappa shape index (κ3) is 13.1. The number of urea groups is 1. The minimum absolute atomic E-state index is 0.0163. The fourth-order valence-corrected chi connectivity index (χ4v) is 3.27. The van der Waals surface area contributed by atoms with Gasteiger partial charge in [-0.3, -0.25) is 4.98 Å². The number of rotatable bonds is 8. The molecule has 0 spiro atoms. The lowest BCUT2D eigenvalue weighted by molar-refractivity contribution is -0.160. The summed E-state index contributed by atoms with van der Waals surface area (Å²) in [6, 6.07) is 3.28. The third-order valence-corrected chi connectivity index (χ3v) is 4.87. The van der Waals surface area contributed by atoms with Crippen LogP contribution < -0.4 is 20.7 Å². The molecule has 3 heterocycles. The number of halogens is 3. The Morgan fingerprint density at radius 3 is 2.39 bits per heavy atom. The number of carbonyl (C=O) groups is 1. The number of carbonyl (C=O) groups excluding carboxylic acids is 1. The van der Waals surface area contributed by atoms with Crippen molar-refractivity contribution >= 4 is 11.8 Å². The summed E-state index contributed by atoms with van der Waals surface area (Å²) in [5.74, 6) is -0.218. The molecule has 1 aliphatic heterocycles. The lowest BCUT2D eigenvalue weighted by Crippen LogP contribution is -2.40. The van der Waals surface area contributed by atoms with Gasteiger partial charge in [0, 0.05) is 43.9 Å². The number of pyridine rings is 1. The van der Waals surface area contributed by atoms with Crippen LogP contribution in [0.5, 0.6) is 5.88 Å². The van der Waals surface area contributed by atoms with E-state index in [1.165, 1.54) is 12.2 Å². The number of nitrogens with zero attached hydrogens (tertiary/aromatic N) is 4. The van der Waals surface area contributed by atoms with Crippen LogP contribution in [0.1, 0.15) is 53.0 Å². The summed E-state index contributed by atoms with van der Waals surface area (Å²) >= 11 is 0. The number of nitrogens with one attached hydrogen (secondary N) is 1. The molecule has 8 nitrogen and oxygen atoms in total. The summed E-state index contributed by atoms with van der Waals surface area (Å²) in [4.78, 5) is 25.6. The maximum absolute atomic E-state index is 12.0. The minimum atomic E-state index is -4.14. The number of hydrogen-bond donors (Lipinski definition) is 2.